The van der Waals surface area contributed by atoms with Gasteiger partial charge in [-0.25, -0.2) is 8.42 Å². The maximum absolute atomic E-state index is 13.9. The molecule has 202 valence electrons. The molecule has 11 nitrogen and oxygen atoms in total. The molecule has 0 fully saturated rings. The van der Waals surface area contributed by atoms with E-state index < -0.39 is 42.9 Å². The Labute approximate surface area is 221 Å². The predicted octanol–water partition coefficient (Wildman–Crippen LogP) is 2.67. The Hall–Kier alpha value is -3.71. The molecule has 4 rings (SSSR count). The Bertz CT molecular complexity index is 1630. The highest BCUT2D eigenvalue weighted by Gasteiger charge is 2.46. The molecule has 1 amide bonds. The van der Waals surface area contributed by atoms with Gasteiger partial charge < -0.3 is 16.2 Å². The Morgan fingerprint density at radius 2 is 1.89 bits per heavy atom. The number of rotatable bonds is 8. The third-order valence-corrected chi connectivity index (χ3v) is 9.06. The second-order valence-electron chi connectivity index (χ2n) is 9.94. The number of benzene rings is 2. The summed E-state index contributed by atoms with van der Waals surface area (Å²) in [5.74, 6) is -2.92. The molecule has 2 aromatic carbocycles. The number of nitrogens with zero attached hydrogens (tertiary/aromatic N) is 1. The molecule has 1 aliphatic carbocycles. The number of fused-ring (bicyclic) bond motifs is 2. The van der Waals surface area contributed by atoms with Crippen LogP contribution in [0.15, 0.2) is 57.3 Å². The smallest absolute Gasteiger partial charge is 0.286 e. The van der Waals surface area contributed by atoms with Crippen LogP contribution in [0, 0.1) is 5.92 Å². The van der Waals surface area contributed by atoms with Crippen molar-refractivity contribution < 1.29 is 31.5 Å². The summed E-state index contributed by atoms with van der Waals surface area (Å²) in [5.41, 5.74) is 4.65. The first-order chi connectivity index (χ1) is 17.6. The lowest BCUT2D eigenvalue weighted by molar-refractivity contribution is -0.120. The number of nitrogens with two attached hydrogens (primary N) is 1. The number of hydrogen-bond acceptors (Lipinski definition) is 8. The molecule has 1 atom stereocenters. The van der Waals surface area contributed by atoms with Gasteiger partial charge in [0.2, 0.25) is 15.9 Å². The number of anilines is 2. The van der Waals surface area contributed by atoms with Crippen molar-refractivity contribution in [1.82, 2.24) is 0 Å². The Morgan fingerprint density at radius 3 is 2.55 bits per heavy atom. The number of nitrogens with one attached hydrogen (secondary N) is 2. The van der Waals surface area contributed by atoms with Crippen molar-refractivity contribution in [3.8, 4) is 0 Å². The average Bonchev–Trinajstić information content (AvgIpc) is 2.81. The number of aliphatic hydroxyl groups excluding tert-OH is 1. The number of ketones is 1. The summed E-state index contributed by atoms with van der Waals surface area (Å²) in [6.07, 6.45) is 1.20. The zero-order valence-corrected chi connectivity index (χ0v) is 22.6. The number of primary amides is 1. The highest BCUT2D eigenvalue weighted by atomic mass is 32.2. The average molecular weight is 561 g/mol. The van der Waals surface area contributed by atoms with Gasteiger partial charge in [0.15, 0.2) is 11.6 Å². The van der Waals surface area contributed by atoms with Crippen molar-refractivity contribution in [3.63, 3.8) is 0 Å². The molecule has 0 bridgehead atoms. The predicted molar refractivity (Wildman–Crippen MR) is 144 cm³/mol. The van der Waals surface area contributed by atoms with Crippen molar-refractivity contribution in [3.05, 3.63) is 59.2 Å². The number of carbonyl (C=O) groups excluding carboxylic acids is 2. The molecule has 2 aliphatic rings. The second kappa shape index (κ2) is 9.55. The van der Waals surface area contributed by atoms with Gasteiger partial charge in [0.1, 0.15) is 22.0 Å². The van der Waals surface area contributed by atoms with Gasteiger partial charge in [-0.1, -0.05) is 38.1 Å². The summed E-state index contributed by atoms with van der Waals surface area (Å²) >= 11 is 0. The van der Waals surface area contributed by atoms with Crippen LogP contribution in [-0.4, -0.2) is 45.2 Å². The van der Waals surface area contributed by atoms with E-state index in [0.717, 1.165) is 12.5 Å². The van der Waals surface area contributed by atoms with E-state index >= 15 is 0 Å². The molecule has 1 heterocycles. The fraction of sp³-hybridized carbons (Fsp3) is 0.320. The van der Waals surface area contributed by atoms with E-state index in [1.54, 1.807) is 31.2 Å². The summed E-state index contributed by atoms with van der Waals surface area (Å²) in [4.78, 5) is 24.6. The third-order valence-electron chi connectivity index (χ3n) is 6.53. The molecule has 0 saturated carbocycles. The highest BCUT2D eigenvalue weighted by molar-refractivity contribution is 7.93. The van der Waals surface area contributed by atoms with Gasteiger partial charge >= 0.3 is 0 Å². The van der Waals surface area contributed by atoms with E-state index in [1.807, 2.05) is 13.8 Å². The van der Waals surface area contributed by atoms with Gasteiger partial charge in [-0.2, -0.15) is 8.42 Å². The van der Waals surface area contributed by atoms with Crippen LogP contribution in [0.25, 0.3) is 5.76 Å². The highest BCUT2D eigenvalue weighted by Crippen LogP contribution is 2.44. The summed E-state index contributed by atoms with van der Waals surface area (Å²) in [7, 11) is -8.58. The van der Waals surface area contributed by atoms with Crippen LogP contribution in [0.3, 0.4) is 0 Å². The first-order valence-corrected chi connectivity index (χ1v) is 14.9. The molecule has 5 N–H and O–H groups in total. The van der Waals surface area contributed by atoms with Crippen LogP contribution in [0.4, 0.5) is 11.4 Å². The first-order valence-electron chi connectivity index (χ1n) is 11.8. The van der Waals surface area contributed by atoms with E-state index in [1.165, 1.54) is 12.1 Å². The van der Waals surface area contributed by atoms with Crippen LogP contribution in [-0.2, 0) is 35.1 Å². The summed E-state index contributed by atoms with van der Waals surface area (Å²) in [5, 5.41) is 14.0. The number of hydrogen-bond donors (Lipinski definition) is 4. The Kier molecular flexibility index (Phi) is 6.87. The van der Waals surface area contributed by atoms with Crippen LogP contribution in [0.5, 0.6) is 0 Å². The SMILES string of the molecule is CC(C)CCC1(C)C(=O)C(C2=NS(=O)(=O)c3cc(NS(=O)(=O)CC(N)=O)ccc3N2)=C(O)c2ccccc21. The lowest BCUT2D eigenvalue weighted by Crippen LogP contribution is -2.42. The van der Waals surface area contributed by atoms with Gasteiger partial charge in [0.25, 0.3) is 10.0 Å². The minimum absolute atomic E-state index is 0.0312. The molecular weight excluding hydrogens is 532 g/mol. The molecule has 0 spiro atoms. The van der Waals surface area contributed by atoms with Crippen molar-refractivity contribution >= 4 is 54.7 Å². The van der Waals surface area contributed by atoms with Gasteiger partial charge in [0, 0.05) is 5.56 Å². The molecule has 38 heavy (non-hydrogen) atoms. The maximum atomic E-state index is 13.9. The number of amides is 1. The van der Waals surface area contributed by atoms with Gasteiger partial charge in [-0.05, 0) is 49.4 Å². The van der Waals surface area contributed by atoms with Crippen molar-refractivity contribution in [2.75, 3.05) is 15.8 Å². The number of Topliss-reactive ketones (excluding diaryl/α,β-unsaturated/α-hetero) is 1. The molecule has 0 radical (unpaired) electrons. The number of amidine groups is 1. The zero-order chi connectivity index (χ0) is 28.0. The van der Waals surface area contributed by atoms with Crippen LogP contribution in [0.1, 0.15) is 44.7 Å². The van der Waals surface area contributed by atoms with E-state index in [0.29, 0.717) is 23.5 Å². The minimum atomic E-state index is -4.43. The first kappa shape index (κ1) is 27.3. The van der Waals surface area contributed by atoms with E-state index in [9.17, 15) is 31.5 Å². The standard InChI is InChI=1S/C25H28N4O7S2/c1-14(2)10-11-25(3)17-7-5-4-6-16(17)22(31)21(23(25)32)24-27-18-9-8-15(12-19(18)38(35,36)29-24)28-37(33,34)13-20(26)30/h4-9,12,14,28,31H,10-11,13H2,1-3H3,(H2,26,30)(H,27,29). The van der Waals surface area contributed by atoms with Crippen molar-refractivity contribution in [1.29, 1.82) is 0 Å². The maximum Gasteiger partial charge on any atom is 0.286 e. The lowest BCUT2D eigenvalue weighted by Gasteiger charge is -2.36. The molecule has 13 heteroatoms. The van der Waals surface area contributed by atoms with Crippen molar-refractivity contribution in [2.45, 2.75) is 43.9 Å². The van der Waals surface area contributed by atoms with Gasteiger partial charge in [-0.15, -0.1) is 4.40 Å². The lowest BCUT2D eigenvalue weighted by atomic mass is 9.66. The fourth-order valence-electron chi connectivity index (χ4n) is 4.59. The normalized spacial score (nSPS) is 20.3. The minimum Gasteiger partial charge on any atom is -0.506 e. The quantitative estimate of drug-likeness (QED) is 0.379. The molecular formula is C25H28N4O7S2. The Morgan fingerprint density at radius 1 is 1.21 bits per heavy atom. The van der Waals surface area contributed by atoms with Crippen LogP contribution >= 0.6 is 0 Å². The molecule has 0 saturated heterocycles. The fourth-order valence-corrected chi connectivity index (χ4v) is 6.67. The number of carbonyl (C=O) groups is 2. The topological polar surface area (TPSA) is 185 Å². The van der Waals surface area contributed by atoms with Crippen LogP contribution in [0.2, 0.25) is 0 Å². The summed E-state index contributed by atoms with van der Waals surface area (Å²) < 4.78 is 56.3. The van der Waals surface area contributed by atoms with E-state index in [4.69, 9.17) is 5.73 Å². The largest absolute Gasteiger partial charge is 0.506 e. The molecule has 1 aliphatic heterocycles. The summed E-state index contributed by atoms with van der Waals surface area (Å²) in [6, 6.07) is 10.6. The second-order valence-corrected chi connectivity index (χ2v) is 13.2. The monoisotopic (exact) mass is 560 g/mol. The third kappa shape index (κ3) is 5.03. The van der Waals surface area contributed by atoms with E-state index in [-0.39, 0.29) is 33.4 Å². The zero-order valence-electron chi connectivity index (χ0n) is 21.0. The molecule has 0 aromatic heterocycles. The molecule has 1 unspecified atom stereocenters. The van der Waals surface area contributed by atoms with Gasteiger partial charge in [-0.3, -0.25) is 14.3 Å². The van der Waals surface area contributed by atoms with Crippen LogP contribution < -0.4 is 15.8 Å². The van der Waals surface area contributed by atoms with Gasteiger partial charge in [0.05, 0.1) is 16.8 Å². The Balaban J connectivity index is 1.78. The van der Waals surface area contributed by atoms with Crippen molar-refractivity contribution in [2.24, 2.45) is 16.0 Å². The van der Waals surface area contributed by atoms with E-state index in [2.05, 4.69) is 14.4 Å². The number of sulfonamides is 2. The number of aliphatic hydroxyl groups is 1. The molecule has 2 aromatic rings. The summed E-state index contributed by atoms with van der Waals surface area (Å²) in [6.45, 7) is 5.85.